The number of hydrogen-bond acceptors (Lipinski definition) is 4. The Bertz CT molecular complexity index is 572. The molecule has 0 unspecified atom stereocenters. The van der Waals surface area contributed by atoms with Crippen LogP contribution in [0.1, 0.15) is 31.9 Å². The summed E-state index contributed by atoms with van der Waals surface area (Å²) in [7, 11) is -1.56. The van der Waals surface area contributed by atoms with E-state index in [0.717, 1.165) is 25.1 Å². The minimum absolute atomic E-state index is 0.105. The van der Waals surface area contributed by atoms with Gasteiger partial charge in [0.05, 0.1) is 4.90 Å². The maximum Gasteiger partial charge on any atom is 0.242 e. The average molecular weight is 332 g/mol. The zero-order valence-electron chi connectivity index (χ0n) is 13.0. The zero-order valence-corrected chi connectivity index (χ0v) is 14.6. The second-order valence-electron chi connectivity index (χ2n) is 5.55. The fraction of sp³-hybridized carbons (Fsp3) is 0.714. The van der Waals surface area contributed by atoms with E-state index in [9.17, 15) is 8.42 Å². The molecule has 2 N–H and O–H groups in total. The lowest BCUT2D eigenvalue weighted by molar-refractivity contribution is 0.362. The molecule has 21 heavy (non-hydrogen) atoms. The van der Waals surface area contributed by atoms with Gasteiger partial charge in [-0.25, -0.2) is 13.1 Å². The van der Waals surface area contributed by atoms with E-state index < -0.39 is 10.0 Å². The van der Waals surface area contributed by atoms with Crippen LogP contribution in [-0.2, 0) is 23.1 Å². The van der Waals surface area contributed by atoms with Crippen molar-refractivity contribution in [2.75, 3.05) is 19.8 Å². The number of rotatable bonds is 8. The molecule has 0 saturated heterocycles. The molecule has 1 saturated carbocycles. The van der Waals surface area contributed by atoms with Gasteiger partial charge in [-0.1, -0.05) is 6.42 Å². The van der Waals surface area contributed by atoms with E-state index in [1.165, 1.54) is 6.42 Å². The number of hydrogen-bond donors (Lipinski definition) is 2. The Morgan fingerprint density at radius 3 is 2.62 bits per heavy atom. The molecule has 1 aliphatic rings. The lowest BCUT2D eigenvalue weighted by Gasteiger charge is -2.40. The van der Waals surface area contributed by atoms with Gasteiger partial charge in [0.2, 0.25) is 10.0 Å². The molecule has 1 aromatic heterocycles. The molecular weight excluding hydrogens is 306 g/mol. The second-order valence-corrected chi connectivity index (χ2v) is 8.59. The Labute approximate surface area is 131 Å². The standard InChI is InChI=1S/C14H25N3O2S2/c1-4-17-10-13(8-12(17)9-15-2)21(18,19)16-11-14(20-3)6-5-7-14/h8,10,15-16H,4-7,9,11H2,1-3H3. The Hall–Kier alpha value is -0.500. The van der Waals surface area contributed by atoms with Crippen LogP contribution in [-0.4, -0.2) is 37.6 Å². The molecule has 0 aliphatic heterocycles. The summed E-state index contributed by atoms with van der Waals surface area (Å²) in [6.07, 6.45) is 7.17. The summed E-state index contributed by atoms with van der Waals surface area (Å²) < 4.78 is 29.8. The van der Waals surface area contributed by atoms with Crippen LogP contribution in [0.5, 0.6) is 0 Å². The van der Waals surface area contributed by atoms with E-state index in [-0.39, 0.29) is 4.75 Å². The molecule has 120 valence electrons. The van der Waals surface area contributed by atoms with Crippen LogP contribution in [0.3, 0.4) is 0 Å². The highest BCUT2D eigenvalue weighted by Crippen LogP contribution is 2.42. The van der Waals surface area contributed by atoms with Crippen molar-refractivity contribution in [1.29, 1.82) is 0 Å². The van der Waals surface area contributed by atoms with Crippen LogP contribution in [0.15, 0.2) is 17.2 Å². The highest BCUT2D eigenvalue weighted by atomic mass is 32.2. The van der Waals surface area contributed by atoms with E-state index in [2.05, 4.69) is 16.3 Å². The van der Waals surface area contributed by atoms with Crippen molar-refractivity contribution in [3.63, 3.8) is 0 Å². The maximum atomic E-state index is 12.5. The maximum absolute atomic E-state index is 12.5. The molecule has 0 bridgehead atoms. The molecule has 1 aliphatic carbocycles. The van der Waals surface area contributed by atoms with Gasteiger partial charge in [0.15, 0.2) is 0 Å². The van der Waals surface area contributed by atoms with Gasteiger partial charge in [0, 0.05) is 36.3 Å². The van der Waals surface area contributed by atoms with Crippen molar-refractivity contribution < 1.29 is 8.42 Å². The highest BCUT2D eigenvalue weighted by molar-refractivity contribution is 8.00. The van der Waals surface area contributed by atoms with Gasteiger partial charge in [0.1, 0.15) is 0 Å². The SMILES string of the molecule is CCn1cc(S(=O)(=O)NCC2(SC)CCC2)cc1CNC. The molecule has 0 amide bonds. The van der Waals surface area contributed by atoms with Crippen molar-refractivity contribution in [3.05, 3.63) is 18.0 Å². The van der Waals surface area contributed by atoms with Crippen LogP contribution >= 0.6 is 11.8 Å². The summed E-state index contributed by atoms with van der Waals surface area (Å²) >= 11 is 1.77. The molecule has 0 aromatic carbocycles. The Kier molecular flexibility index (Phi) is 5.40. The number of aromatic nitrogens is 1. The van der Waals surface area contributed by atoms with Gasteiger partial charge in [-0.3, -0.25) is 0 Å². The molecule has 1 fully saturated rings. The lowest BCUT2D eigenvalue weighted by atomic mass is 9.84. The highest BCUT2D eigenvalue weighted by Gasteiger charge is 2.37. The average Bonchev–Trinajstić information content (AvgIpc) is 2.82. The van der Waals surface area contributed by atoms with Crippen LogP contribution in [0.4, 0.5) is 0 Å². The quantitative estimate of drug-likeness (QED) is 0.762. The van der Waals surface area contributed by atoms with Crippen LogP contribution in [0.25, 0.3) is 0 Å². The fourth-order valence-electron chi connectivity index (χ4n) is 2.63. The van der Waals surface area contributed by atoms with E-state index in [1.54, 1.807) is 24.0 Å². The summed E-state index contributed by atoms with van der Waals surface area (Å²) in [4.78, 5) is 0.366. The predicted molar refractivity (Wildman–Crippen MR) is 88.2 cm³/mol. The first-order valence-corrected chi connectivity index (χ1v) is 10.1. The largest absolute Gasteiger partial charge is 0.349 e. The monoisotopic (exact) mass is 331 g/mol. The number of thioether (sulfide) groups is 1. The summed E-state index contributed by atoms with van der Waals surface area (Å²) in [6.45, 7) is 3.97. The van der Waals surface area contributed by atoms with E-state index >= 15 is 0 Å². The van der Waals surface area contributed by atoms with Gasteiger partial charge in [-0.15, -0.1) is 0 Å². The Morgan fingerprint density at radius 2 is 2.14 bits per heavy atom. The molecule has 0 spiro atoms. The van der Waals surface area contributed by atoms with E-state index in [0.29, 0.717) is 18.0 Å². The van der Waals surface area contributed by atoms with Crippen LogP contribution < -0.4 is 10.0 Å². The van der Waals surface area contributed by atoms with Crippen molar-refractivity contribution in [2.45, 2.75) is 48.9 Å². The number of nitrogens with zero attached hydrogens (tertiary/aromatic N) is 1. The third-order valence-electron chi connectivity index (χ3n) is 4.25. The third kappa shape index (κ3) is 3.64. The Balaban J connectivity index is 2.12. The van der Waals surface area contributed by atoms with Crippen molar-refractivity contribution in [2.24, 2.45) is 0 Å². The topological polar surface area (TPSA) is 63.1 Å². The van der Waals surface area contributed by atoms with Gasteiger partial charge in [0.25, 0.3) is 0 Å². The molecule has 0 radical (unpaired) electrons. The molecule has 0 atom stereocenters. The third-order valence-corrected chi connectivity index (χ3v) is 7.04. The Morgan fingerprint density at radius 1 is 1.43 bits per heavy atom. The van der Waals surface area contributed by atoms with Crippen LogP contribution in [0.2, 0.25) is 0 Å². The molecule has 1 heterocycles. The molecule has 5 nitrogen and oxygen atoms in total. The lowest BCUT2D eigenvalue weighted by Crippen LogP contribution is -2.45. The van der Waals surface area contributed by atoms with E-state index in [4.69, 9.17) is 0 Å². The zero-order chi connectivity index (χ0) is 15.5. The summed E-state index contributed by atoms with van der Waals surface area (Å²) in [5.41, 5.74) is 0.989. The first-order chi connectivity index (χ1) is 9.96. The smallest absolute Gasteiger partial charge is 0.242 e. The summed E-state index contributed by atoms with van der Waals surface area (Å²) in [5, 5.41) is 3.07. The first-order valence-electron chi connectivity index (χ1n) is 7.35. The minimum atomic E-state index is -3.42. The van der Waals surface area contributed by atoms with E-state index in [1.807, 2.05) is 18.5 Å². The first kappa shape index (κ1) is 16.9. The number of aryl methyl sites for hydroxylation is 1. The number of sulfonamides is 1. The second kappa shape index (κ2) is 6.73. The fourth-order valence-corrected chi connectivity index (χ4v) is 4.82. The van der Waals surface area contributed by atoms with Crippen LogP contribution in [0, 0.1) is 0 Å². The molecule has 7 heteroatoms. The molecule has 1 aromatic rings. The molecule has 2 rings (SSSR count). The molecular formula is C14H25N3O2S2. The minimum Gasteiger partial charge on any atom is -0.349 e. The van der Waals surface area contributed by atoms with Crippen molar-refractivity contribution >= 4 is 21.8 Å². The summed E-state index contributed by atoms with van der Waals surface area (Å²) in [6, 6.07) is 1.76. The van der Waals surface area contributed by atoms with Crippen molar-refractivity contribution in [1.82, 2.24) is 14.6 Å². The van der Waals surface area contributed by atoms with Gasteiger partial charge in [-0.2, -0.15) is 11.8 Å². The van der Waals surface area contributed by atoms with Gasteiger partial charge in [-0.05, 0) is 39.1 Å². The number of nitrogens with one attached hydrogen (secondary N) is 2. The van der Waals surface area contributed by atoms with Gasteiger partial charge < -0.3 is 9.88 Å². The van der Waals surface area contributed by atoms with Crippen molar-refractivity contribution in [3.8, 4) is 0 Å². The van der Waals surface area contributed by atoms with Gasteiger partial charge >= 0.3 is 0 Å². The predicted octanol–water partition coefficient (Wildman–Crippen LogP) is 1.79. The summed E-state index contributed by atoms with van der Waals surface area (Å²) in [5.74, 6) is 0. The normalized spacial score (nSPS) is 17.7.